The van der Waals surface area contributed by atoms with E-state index in [1.54, 1.807) is 0 Å². The van der Waals surface area contributed by atoms with Crippen LogP contribution >= 0.6 is 0 Å². The number of rotatable bonds is 7. The maximum atomic E-state index is 5.58. The molecule has 2 nitrogen and oxygen atoms in total. The van der Waals surface area contributed by atoms with Crippen molar-refractivity contribution in [2.24, 2.45) is 5.92 Å². The molecule has 2 heteroatoms. The van der Waals surface area contributed by atoms with Gasteiger partial charge in [-0.3, -0.25) is 0 Å². The van der Waals surface area contributed by atoms with Crippen LogP contribution in [0.2, 0.25) is 0 Å². The Morgan fingerprint density at radius 3 is 2.53 bits per heavy atom. The highest BCUT2D eigenvalue weighted by atomic mass is 16.5. The summed E-state index contributed by atoms with van der Waals surface area (Å²) in [5.41, 5.74) is 0.141. The van der Waals surface area contributed by atoms with Crippen LogP contribution in [0.15, 0.2) is 12.7 Å². The molecule has 0 aliphatic heterocycles. The van der Waals surface area contributed by atoms with E-state index in [-0.39, 0.29) is 5.60 Å². The van der Waals surface area contributed by atoms with E-state index in [9.17, 15) is 0 Å². The minimum Gasteiger partial charge on any atom is -0.377 e. The van der Waals surface area contributed by atoms with Crippen molar-refractivity contribution < 1.29 is 4.74 Å². The largest absolute Gasteiger partial charge is 0.377 e. The van der Waals surface area contributed by atoms with Gasteiger partial charge in [0.1, 0.15) is 0 Å². The molecule has 1 saturated carbocycles. The number of ether oxygens (including phenoxy) is 1. The molecule has 88 valence electrons. The molecule has 1 aliphatic carbocycles. The maximum absolute atomic E-state index is 5.58. The van der Waals surface area contributed by atoms with E-state index in [0.717, 1.165) is 13.0 Å². The van der Waals surface area contributed by atoms with Gasteiger partial charge in [0.25, 0.3) is 0 Å². The van der Waals surface area contributed by atoms with Crippen molar-refractivity contribution in [3.05, 3.63) is 12.7 Å². The molecule has 0 aromatic carbocycles. The van der Waals surface area contributed by atoms with E-state index in [2.05, 4.69) is 25.7 Å². The van der Waals surface area contributed by atoms with Gasteiger partial charge in [0.2, 0.25) is 0 Å². The molecule has 2 unspecified atom stereocenters. The van der Waals surface area contributed by atoms with Gasteiger partial charge in [0, 0.05) is 19.7 Å². The van der Waals surface area contributed by atoms with Gasteiger partial charge in [0.05, 0.1) is 5.60 Å². The zero-order valence-electron chi connectivity index (χ0n) is 10.4. The number of allylic oxidation sites excluding steroid dienone is 1. The minimum absolute atomic E-state index is 0.141. The van der Waals surface area contributed by atoms with Crippen molar-refractivity contribution in [3.63, 3.8) is 0 Å². The third-order valence-electron chi connectivity index (χ3n) is 3.84. The predicted octanol–water partition coefficient (Wildman–Crippen LogP) is 2.75. The normalized spacial score (nSPS) is 22.9. The van der Waals surface area contributed by atoms with E-state index in [1.807, 2.05) is 13.2 Å². The number of nitrogens with one attached hydrogen (secondary N) is 1. The second-order valence-corrected chi connectivity index (χ2v) is 4.91. The average Bonchev–Trinajstić information content (AvgIpc) is 2.17. The molecule has 0 heterocycles. The van der Waals surface area contributed by atoms with Gasteiger partial charge in [-0.15, -0.1) is 6.58 Å². The fourth-order valence-corrected chi connectivity index (χ4v) is 2.04. The van der Waals surface area contributed by atoms with Gasteiger partial charge in [-0.25, -0.2) is 0 Å². The smallest absolute Gasteiger partial charge is 0.0802 e. The Hall–Kier alpha value is -0.340. The highest BCUT2D eigenvalue weighted by Crippen LogP contribution is 2.34. The van der Waals surface area contributed by atoms with Gasteiger partial charge < -0.3 is 10.1 Å². The van der Waals surface area contributed by atoms with Crippen molar-refractivity contribution in [3.8, 4) is 0 Å². The van der Waals surface area contributed by atoms with Crippen LogP contribution < -0.4 is 5.32 Å². The molecule has 1 N–H and O–H groups in total. The molecule has 15 heavy (non-hydrogen) atoms. The summed E-state index contributed by atoms with van der Waals surface area (Å²) in [6.07, 6.45) is 6.80. The van der Waals surface area contributed by atoms with E-state index in [4.69, 9.17) is 4.74 Å². The first kappa shape index (κ1) is 12.7. The summed E-state index contributed by atoms with van der Waals surface area (Å²) in [7, 11) is 1.83. The third kappa shape index (κ3) is 3.32. The molecule has 0 aromatic rings. The molecule has 0 saturated heterocycles. The van der Waals surface area contributed by atoms with Gasteiger partial charge >= 0.3 is 0 Å². The SMILES string of the molecule is C=CCC(C)C(C)NCC1(OC)CCC1. The first-order valence-corrected chi connectivity index (χ1v) is 6.03. The van der Waals surface area contributed by atoms with Crippen LogP contribution in [-0.4, -0.2) is 25.3 Å². The summed E-state index contributed by atoms with van der Waals surface area (Å²) < 4.78 is 5.58. The molecule has 1 fully saturated rings. The lowest BCUT2D eigenvalue weighted by atomic mass is 9.79. The van der Waals surface area contributed by atoms with Crippen molar-refractivity contribution in [1.29, 1.82) is 0 Å². The van der Waals surface area contributed by atoms with Crippen LogP contribution in [0.5, 0.6) is 0 Å². The minimum atomic E-state index is 0.141. The fourth-order valence-electron chi connectivity index (χ4n) is 2.04. The third-order valence-corrected chi connectivity index (χ3v) is 3.84. The summed E-state index contributed by atoms with van der Waals surface area (Å²) >= 11 is 0. The number of hydrogen-bond donors (Lipinski definition) is 1. The Bertz CT molecular complexity index is 193. The van der Waals surface area contributed by atoms with Gasteiger partial charge in [-0.2, -0.15) is 0 Å². The molecule has 1 aliphatic rings. The topological polar surface area (TPSA) is 21.3 Å². The van der Waals surface area contributed by atoms with Crippen LogP contribution in [0.4, 0.5) is 0 Å². The first-order chi connectivity index (χ1) is 7.13. The number of hydrogen-bond acceptors (Lipinski definition) is 2. The lowest BCUT2D eigenvalue weighted by Crippen LogP contribution is -2.50. The summed E-state index contributed by atoms with van der Waals surface area (Å²) in [5, 5.41) is 3.59. The second-order valence-electron chi connectivity index (χ2n) is 4.91. The summed E-state index contributed by atoms with van der Waals surface area (Å²) in [6, 6.07) is 0.538. The zero-order chi connectivity index (χ0) is 11.3. The second kappa shape index (κ2) is 5.66. The fraction of sp³-hybridized carbons (Fsp3) is 0.846. The van der Waals surface area contributed by atoms with Gasteiger partial charge in [0.15, 0.2) is 0 Å². The van der Waals surface area contributed by atoms with Crippen molar-refractivity contribution in [1.82, 2.24) is 5.32 Å². The van der Waals surface area contributed by atoms with E-state index < -0.39 is 0 Å². The van der Waals surface area contributed by atoms with Crippen molar-refractivity contribution >= 4 is 0 Å². The standard InChI is InChI=1S/C13H25NO/c1-5-7-11(2)12(3)14-10-13(15-4)8-6-9-13/h5,11-12,14H,1,6-10H2,2-4H3. The van der Waals surface area contributed by atoms with Crippen LogP contribution in [0, 0.1) is 5.92 Å². The van der Waals surface area contributed by atoms with E-state index in [0.29, 0.717) is 12.0 Å². The molecule has 2 atom stereocenters. The summed E-state index contributed by atoms with van der Waals surface area (Å²) in [6.45, 7) is 9.28. The molecule has 0 amide bonds. The maximum Gasteiger partial charge on any atom is 0.0802 e. The number of methoxy groups -OCH3 is 1. The Morgan fingerprint density at radius 2 is 2.13 bits per heavy atom. The molecule has 1 rings (SSSR count). The van der Waals surface area contributed by atoms with Crippen LogP contribution in [0.1, 0.15) is 39.5 Å². The van der Waals surface area contributed by atoms with Gasteiger partial charge in [-0.05, 0) is 38.5 Å². The summed E-state index contributed by atoms with van der Waals surface area (Å²) in [4.78, 5) is 0. The van der Waals surface area contributed by atoms with E-state index >= 15 is 0 Å². The Kier molecular flexibility index (Phi) is 4.81. The van der Waals surface area contributed by atoms with Crippen molar-refractivity contribution in [2.45, 2.75) is 51.2 Å². The highest BCUT2D eigenvalue weighted by molar-refractivity contribution is 4.92. The van der Waals surface area contributed by atoms with Crippen LogP contribution in [0.25, 0.3) is 0 Å². The molecular formula is C13H25NO. The monoisotopic (exact) mass is 211 g/mol. The lowest BCUT2D eigenvalue weighted by molar-refractivity contribution is -0.0713. The molecule has 0 aromatic heterocycles. The van der Waals surface area contributed by atoms with Crippen molar-refractivity contribution in [2.75, 3.05) is 13.7 Å². The summed E-state index contributed by atoms with van der Waals surface area (Å²) in [5.74, 6) is 0.650. The van der Waals surface area contributed by atoms with Crippen LogP contribution in [-0.2, 0) is 4.74 Å². The first-order valence-electron chi connectivity index (χ1n) is 6.03. The Balaban J connectivity index is 2.26. The molecule has 0 bridgehead atoms. The Morgan fingerprint density at radius 1 is 1.47 bits per heavy atom. The van der Waals surface area contributed by atoms with E-state index in [1.165, 1.54) is 19.3 Å². The van der Waals surface area contributed by atoms with Gasteiger partial charge in [-0.1, -0.05) is 13.0 Å². The molecule has 0 radical (unpaired) electrons. The zero-order valence-corrected chi connectivity index (χ0v) is 10.4. The quantitative estimate of drug-likeness (QED) is 0.654. The van der Waals surface area contributed by atoms with Crippen LogP contribution in [0.3, 0.4) is 0 Å². The average molecular weight is 211 g/mol. The lowest BCUT2D eigenvalue weighted by Gasteiger charge is -2.41. The highest BCUT2D eigenvalue weighted by Gasteiger charge is 2.36. The predicted molar refractivity (Wildman–Crippen MR) is 65.0 cm³/mol. The molecular weight excluding hydrogens is 186 g/mol. The Labute approximate surface area is 94.1 Å². The molecule has 0 spiro atoms.